The Labute approximate surface area is 113 Å². The number of rotatable bonds is 5. The zero-order valence-electron chi connectivity index (χ0n) is 11.4. The van der Waals surface area contributed by atoms with Crippen LogP contribution in [0.3, 0.4) is 0 Å². The second-order valence-corrected chi connectivity index (χ2v) is 4.56. The molecule has 0 bridgehead atoms. The number of benzene rings is 1. The number of aromatic amines is 1. The highest BCUT2D eigenvalue weighted by Crippen LogP contribution is 2.24. The molecule has 100 valence electrons. The van der Waals surface area contributed by atoms with E-state index in [9.17, 15) is 4.79 Å². The number of nitrogens with one attached hydrogen (secondary N) is 1. The number of esters is 1. The molecule has 0 radical (unpaired) electrons. The number of carbonyl (C=O) groups is 1. The van der Waals surface area contributed by atoms with Gasteiger partial charge in [0.2, 0.25) is 0 Å². The fourth-order valence-corrected chi connectivity index (χ4v) is 2.11. The van der Waals surface area contributed by atoms with Gasteiger partial charge in [0.1, 0.15) is 5.69 Å². The molecule has 0 aliphatic rings. The highest BCUT2D eigenvalue weighted by molar-refractivity contribution is 5.95. The molecule has 1 aromatic heterocycles. The molecule has 0 atom stereocenters. The van der Waals surface area contributed by atoms with Crippen LogP contribution in [0.15, 0.2) is 36.5 Å². The number of hydrogen-bond acceptors (Lipinski definition) is 2. The van der Waals surface area contributed by atoms with Crippen LogP contribution < -0.4 is 0 Å². The van der Waals surface area contributed by atoms with Gasteiger partial charge in [-0.2, -0.15) is 0 Å². The molecule has 3 heteroatoms. The molecule has 0 aliphatic carbocycles. The quantitative estimate of drug-likeness (QED) is 0.827. The molecule has 3 nitrogen and oxygen atoms in total. The molecule has 0 amide bonds. The molecule has 0 fully saturated rings. The second-order valence-electron chi connectivity index (χ2n) is 4.56. The van der Waals surface area contributed by atoms with E-state index in [0.717, 1.165) is 17.5 Å². The number of hydrogen-bond donors (Lipinski definition) is 1. The van der Waals surface area contributed by atoms with Crippen molar-refractivity contribution in [2.75, 3.05) is 7.11 Å². The first-order chi connectivity index (χ1) is 9.26. The Kier molecular flexibility index (Phi) is 4.39. The minimum absolute atomic E-state index is 0.338. The van der Waals surface area contributed by atoms with Crippen LogP contribution in [0.2, 0.25) is 0 Å². The van der Waals surface area contributed by atoms with Gasteiger partial charge in [-0.3, -0.25) is 0 Å². The van der Waals surface area contributed by atoms with Gasteiger partial charge in [-0.15, -0.1) is 0 Å². The van der Waals surface area contributed by atoms with Crippen LogP contribution in [0.25, 0.3) is 11.1 Å². The van der Waals surface area contributed by atoms with Crippen molar-refractivity contribution in [2.24, 2.45) is 0 Å². The van der Waals surface area contributed by atoms with Gasteiger partial charge in [-0.05, 0) is 30.0 Å². The molecule has 0 saturated heterocycles. The Balaban J connectivity index is 2.23. The van der Waals surface area contributed by atoms with Crippen LogP contribution in [0.5, 0.6) is 0 Å². The SMILES string of the molecule is CCCCc1ccc(-c2cc[nH]c2C(=O)OC)cc1. The molecule has 0 unspecified atom stereocenters. The van der Waals surface area contributed by atoms with E-state index in [2.05, 4.69) is 36.2 Å². The smallest absolute Gasteiger partial charge is 0.355 e. The molecule has 19 heavy (non-hydrogen) atoms. The summed E-state index contributed by atoms with van der Waals surface area (Å²) in [7, 11) is 1.39. The molecule has 0 aliphatic heterocycles. The maximum Gasteiger partial charge on any atom is 0.355 e. The largest absolute Gasteiger partial charge is 0.464 e. The molecule has 1 aromatic carbocycles. The van der Waals surface area contributed by atoms with Crippen LogP contribution in [-0.2, 0) is 11.2 Å². The second kappa shape index (κ2) is 6.23. The normalized spacial score (nSPS) is 10.4. The monoisotopic (exact) mass is 257 g/mol. The summed E-state index contributed by atoms with van der Waals surface area (Å²) < 4.78 is 4.76. The van der Waals surface area contributed by atoms with Crippen molar-refractivity contribution in [3.8, 4) is 11.1 Å². The third-order valence-electron chi connectivity index (χ3n) is 3.22. The summed E-state index contributed by atoms with van der Waals surface area (Å²) in [5.41, 5.74) is 3.75. The highest BCUT2D eigenvalue weighted by Gasteiger charge is 2.14. The third-order valence-corrected chi connectivity index (χ3v) is 3.22. The molecule has 2 aromatic rings. The Morgan fingerprint density at radius 3 is 2.58 bits per heavy atom. The molecule has 0 spiro atoms. The average Bonchev–Trinajstić information content (AvgIpc) is 2.94. The minimum atomic E-state index is -0.338. The van der Waals surface area contributed by atoms with Crippen molar-refractivity contribution in [3.05, 3.63) is 47.8 Å². The summed E-state index contributed by atoms with van der Waals surface area (Å²) in [4.78, 5) is 14.6. The first-order valence-electron chi connectivity index (χ1n) is 6.61. The van der Waals surface area contributed by atoms with Crippen molar-refractivity contribution in [1.82, 2.24) is 4.98 Å². The molecule has 1 heterocycles. The van der Waals surface area contributed by atoms with Gasteiger partial charge in [0.15, 0.2) is 0 Å². The van der Waals surface area contributed by atoms with E-state index in [4.69, 9.17) is 4.74 Å². The summed E-state index contributed by atoms with van der Waals surface area (Å²) in [5, 5.41) is 0. The van der Waals surface area contributed by atoms with Crippen LogP contribution in [0.1, 0.15) is 35.8 Å². The van der Waals surface area contributed by atoms with Gasteiger partial charge < -0.3 is 9.72 Å². The maximum absolute atomic E-state index is 11.6. The third kappa shape index (κ3) is 3.05. The minimum Gasteiger partial charge on any atom is -0.464 e. The summed E-state index contributed by atoms with van der Waals surface area (Å²) >= 11 is 0. The number of ether oxygens (including phenoxy) is 1. The standard InChI is InChI=1S/C16H19NO2/c1-3-4-5-12-6-8-13(9-7-12)14-10-11-17-15(14)16(18)19-2/h6-11,17H,3-5H2,1-2H3. The zero-order chi connectivity index (χ0) is 13.7. The first kappa shape index (κ1) is 13.4. The molecule has 1 N–H and O–H groups in total. The number of unbranched alkanes of at least 4 members (excludes halogenated alkanes) is 1. The summed E-state index contributed by atoms with van der Waals surface area (Å²) in [5.74, 6) is -0.338. The van der Waals surface area contributed by atoms with Gasteiger partial charge in [-0.1, -0.05) is 37.6 Å². The number of H-pyrrole nitrogens is 1. The Morgan fingerprint density at radius 2 is 1.95 bits per heavy atom. The van der Waals surface area contributed by atoms with Gasteiger partial charge in [0, 0.05) is 11.8 Å². The lowest BCUT2D eigenvalue weighted by Gasteiger charge is -2.05. The number of carbonyl (C=O) groups excluding carboxylic acids is 1. The lowest BCUT2D eigenvalue weighted by Crippen LogP contribution is -2.03. The predicted octanol–water partition coefficient (Wildman–Crippen LogP) is 3.81. The fraction of sp³-hybridized carbons (Fsp3) is 0.312. The Morgan fingerprint density at radius 1 is 1.21 bits per heavy atom. The van der Waals surface area contributed by atoms with E-state index in [1.54, 1.807) is 6.20 Å². The van der Waals surface area contributed by atoms with Crippen LogP contribution in [-0.4, -0.2) is 18.1 Å². The fourth-order valence-electron chi connectivity index (χ4n) is 2.11. The number of methoxy groups -OCH3 is 1. The molecular weight excluding hydrogens is 238 g/mol. The lowest BCUT2D eigenvalue weighted by molar-refractivity contribution is 0.0596. The van der Waals surface area contributed by atoms with Crippen molar-refractivity contribution in [2.45, 2.75) is 26.2 Å². The van der Waals surface area contributed by atoms with Crippen molar-refractivity contribution < 1.29 is 9.53 Å². The molecular formula is C16H19NO2. The van der Waals surface area contributed by atoms with E-state index in [0.29, 0.717) is 5.69 Å². The van der Waals surface area contributed by atoms with Crippen LogP contribution >= 0.6 is 0 Å². The van der Waals surface area contributed by atoms with Crippen molar-refractivity contribution in [3.63, 3.8) is 0 Å². The topological polar surface area (TPSA) is 42.1 Å². The summed E-state index contributed by atoms with van der Waals surface area (Å²) in [6.07, 6.45) is 5.27. The van der Waals surface area contributed by atoms with Crippen molar-refractivity contribution >= 4 is 5.97 Å². The molecule has 2 rings (SSSR count). The Hall–Kier alpha value is -2.03. The zero-order valence-corrected chi connectivity index (χ0v) is 11.4. The summed E-state index contributed by atoms with van der Waals surface area (Å²) in [6.45, 7) is 2.19. The van der Waals surface area contributed by atoms with E-state index >= 15 is 0 Å². The highest BCUT2D eigenvalue weighted by atomic mass is 16.5. The van der Waals surface area contributed by atoms with Gasteiger partial charge in [-0.25, -0.2) is 4.79 Å². The van der Waals surface area contributed by atoms with Crippen LogP contribution in [0.4, 0.5) is 0 Å². The predicted molar refractivity (Wildman–Crippen MR) is 76.2 cm³/mol. The average molecular weight is 257 g/mol. The van der Waals surface area contributed by atoms with E-state index in [1.165, 1.54) is 25.5 Å². The van der Waals surface area contributed by atoms with E-state index in [1.807, 2.05) is 6.07 Å². The van der Waals surface area contributed by atoms with E-state index in [-0.39, 0.29) is 5.97 Å². The lowest BCUT2D eigenvalue weighted by atomic mass is 10.0. The van der Waals surface area contributed by atoms with Gasteiger partial charge >= 0.3 is 5.97 Å². The van der Waals surface area contributed by atoms with Crippen LogP contribution in [0, 0.1) is 0 Å². The Bertz CT molecular complexity index is 540. The number of aromatic nitrogens is 1. The first-order valence-corrected chi connectivity index (χ1v) is 6.61. The van der Waals surface area contributed by atoms with E-state index < -0.39 is 0 Å². The summed E-state index contributed by atoms with van der Waals surface area (Å²) in [6, 6.07) is 10.3. The van der Waals surface area contributed by atoms with Gasteiger partial charge in [0.25, 0.3) is 0 Å². The van der Waals surface area contributed by atoms with Crippen molar-refractivity contribution in [1.29, 1.82) is 0 Å². The number of aryl methyl sites for hydroxylation is 1. The molecule has 0 saturated carbocycles. The maximum atomic E-state index is 11.6. The van der Waals surface area contributed by atoms with Gasteiger partial charge in [0.05, 0.1) is 7.11 Å².